The minimum Gasteiger partial charge on any atom is -0.267 e. The van der Waals surface area contributed by atoms with E-state index in [0.717, 1.165) is 5.56 Å². The molecule has 2 aromatic carbocycles. The Morgan fingerprint density at radius 2 is 1.90 bits per heavy atom. The molecule has 1 amide bonds. The molecule has 0 aromatic heterocycles. The van der Waals surface area contributed by atoms with Crippen LogP contribution >= 0.6 is 0 Å². The van der Waals surface area contributed by atoms with Crippen molar-refractivity contribution in [3.63, 3.8) is 0 Å². The molecular formula is C17H15FN2O. The average molecular weight is 282 g/mol. The minimum atomic E-state index is -0.452. The molecule has 0 spiro atoms. The summed E-state index contributed by atoms with van der Waals surface area (Å²) >= 11 is 0. The molecule has 0 radical (unpaired) electrons. The van der Waals surface area contributed by atoms with Crippen LogP contribution < -0.4 is 5.43 Å². The van der Waals surface area contributed by atoms with Crippen LogP contribution in [0.15, 0.2) is 65.8 Å². The molecular weight excluding hydrogens is 267 g/mol. The van der Waals surface area contributed by atoms with Crippen molar-refractivity contribution in [1.82, 2.24) is 5.43 Å². The molecule has 0 aliphatic heterocycles. The summed E-state index contributed by atoms with van der Waals surface area (Å²) in [4.78, 5) is 11.8. The maximum absolute atomic E-state index is 13.0. The number of hydrazone groups is 1. The van der Waals surface area contributed by atoms with Crippen LogP contribution in [-0.2, 0) is 0 Å². The Hall–Kier alpha value is -2.75. The Balaban J connectivity index is 1.97. The van der Waals surface area contributed by atoms with E-state index in [9.17, 15) is 9.18 Å². The summed E-state index contributed by atoms with van der Waals surface area (Å²) in [5.41, 5.74) is 4.32. The Labute approximate surface area is 122 Å². The third-order valence-electron chi connectivity index (χ3n) is 2.74. The first-order valence-corrected chi connectivity index (χ1v) is 6.48. The highest BCUT2D eigenvalue weighted by Gasteiger charge is 2.04. The number of halogens is 1. The molecule has 2 aromatic rings. The van der Waals surface area contributed by atoms with Crippen LogP contribution in [0.2, 0.25) is 0 Å². The number of carbonyl (C=O) groups excluding carboxylic acids is 1. The molecule has 1 N–H and O–H groups in total. The van der Waals surface area contributed by atoms with E-state index in [4.69, 9.17) is 0 Å². The van der Waals surface area contributed by atoms with Gasteiger partial charge in [-0.25, -0.2) is 9.82 Å². The molecule has 0 aliphatic carbocycles. The molecule has 0 bridgehead atoms. The van der Waals surface area contributed by atoms with Crippen LogP contribution in [0.1, 0.15) is 22.8 Å². The number of benzene rings is 2. The summed E-state index contributed by atoms with van der Waals surface area (Å²) in [7, 11) is 0. The molecule has 0 heterocycles. The Morgan fingerprint density at radius 3 is 2.62 bits per heavy atom. The van der Waals surface area contributed by atoms with Crippen molar-refractivity contribution in [3.8, 4) is 0 Å². The van der Waals surface area contributed by atoms with E-state index in [2.05, 4.69) is 10.5 Å². The lowest BCUT2D eigenvalue weighted by Crippen LogP contribution is -2.18. The van der Waals surface area contributed by atoms with Gasteiger partial charge in [0, 0.05) is 5.56 Å². The van der Waals surface area contributed by atoms with Gasteiger partial charge in [-0.15, -0.1) is 0 Å². The number of carbonyl (C=O) groups is 1. The zero-order valence-corrected chi connectivity index (χ0v) is 11.6. The smallest absolute Gasteiger partial charge is 0.267 e. The van der Waals surface area contributed by atoms with Crippen LogP contribution in [0, 0.1) is 5.82 Å². The van der Waals surface area contributed by atoms with Crippen LogP contribution in [0.25, 0.3) is 6.08 Å². The lowest BCUT2D eigenvalue weighted by molar-refractivity contribution is 0.0954. The fourth-order valence-corrected chi connectivity index (χ4v) is 1.65. The van der Waals surface area contributed by atoms with Crippen LogP contribution in [0.4, 0.5) is 4.39 Å². The zero-order chi connectivity index (χ0) is 15.1. The summed E-state index contributed by atoms with van der Waals surface area (Å²) in [6.07, 6.45) is 3.69. The van der Waals surface area contributed by atoms with Crippen molar-refractivity contribution in [3.05, 3.63) is 77.6 Å². The van der Waals surface area contributed by atoms with Gasteiger partial charge in [0.15, 0.2) is 0 Å². The highest BCUT2D eigenvalue weighted by atomic mass is 19.1. The first-order valence-electron chi connectivity index (χ1n) is 6.48. The number of nitrogens with one attached hydrogen (secondary N) is 1. The molecule has 21 heavy (non-hydrogen) atoms. The van der Waals surface area contributed by atoms with Gasteiger partial charge in [-0.1, -0.05) is 42.5 Å². The predicted molar refractivity (Wildman–Crippen MR) is 82.5 cm³/mol. The lowest BCUT2D eigenvalue weighted by Gasteiger charge is -2.00. The first-order chi connectivity index (χ1) is 10.1. The van der Waals surface area contributed by atoms with Crippen molar-refractivity contribution >= 4 is 17.7 Å². The van der Waals surface area contributed by atoms with E-state index in [1.54, 1.807) is 13.0 Å². The summed E-state index contributed by atoms with van der Waals surface area (Å²) in [5, 5.41) is 3.95. The summed E-state index contributed by atoms with van der Waals surface area (Å²) in [5.74, 6) is -0.894. The quantitative estimate of drug-likeness (QED) is 0.675. The molecule has 2 rings (SSSR count). The summed E-state index contributed by atoms with van der Waals surface area (Å²) in [6.45, 7) is 1.77. The number of allylic oxidation sites excluding steroid dienone is 1. The summed E-state index contributed by atoms with van der Waals surface area (Å²) < 4.78 is 13.0. The molecule has 4 heteroatoms. The number of rotatable bonds is 4. The zero-order valence-electron chi connectivity index (χ0n) is 11.6. The third-order valence-corrected chi connectivity index (χ3v) is 2.74. The molecule has 0 aliphatic rings. The molecule has 3 nitrogen and oxygen atoms in total. The highest BCUT2D eigenvalue weighted by molar-refractivity contribution is 5.99. The van der Waals surface area contributed by atoms with Crippen molar-refractivity contribution in [1.29, 1.82) is 0 Å². The number of nitrogens with zero attached hydrogens (tertiary/aromatic N) is 1. The fraction of sp³-hybridized carbons (Fsp3) is 0.0588. The standard InChI is InChI=1S/C17H15FN2O/c1-13(10-11-14-6-3-2-4-7-14)19-20-17(21)15-8-5-9-16(18)12-15/h2-12H,1H3,(H,20,21)/b11-10+,19-13+. The maximum Gasteiger partial charge on any atom is 0.271 e. The van der Waals surface area contributed by atoms with Crippen molar-refractivity contribution < 1.29 is 9.18 Å². The molecule has 0 unspecified atom stereocenters. The number of amides is 1. The Morgan fingerprint density at radius 1 is 1.14 bits per heavy atom. The van der Waals surface area contributed by atoms with E-state index in [0.29, 0.717) is 5.71 Å². The van der Waals surface area contributed by atoms with Crippen LogP contribution in [-0.4, -0.2) is 11.6 Å². The highest BCUT2D eigenvalue weighted by Crippen LogP contribution is 2.03. The van der Waals surface area contributed by atoms with Crippen molar-refractivity contribution in [2.75, 3.05) is 0 Å². The van der Waals surface area contributed by atoms with Gasteiger partial charge in [-0.2, -0.15) is 5.10 Å². The van der Waals surface area contributed by atoms with Gasteiger partial charge in [0.25, 0.3) is 5.91 Å². The Kier molecular flexibility index (Phi) is 4.99. The predicted octanol–water partition coefficient (Wildman–Crippen LogP) is 3.64. The van der Waals surface area contributed by atoms with Gasteiger partial charge in [-0.05, 0) is 36.8 Å². The molecule has 0 atom stereocenters. The van der Waals surface area contributed by atoms with E-state index in [-0.39, 0.29) is 5.56 Å². The summed E-state index contributed by atoms with van der Waals surface area (Å²) in [6, 6.07) is 15.2. The van der Waals surface area contributed by atoms with E-state index in [1.807, 2.05) is 36.4 Å². The van der Waals surface area contributed by atoms with Gasteiger partial charge in [0.2, 0.25) is 0 Å². The van der Waals surface area contributed by atoms with Gasteiger partial charge in [0.05, 0.1) is 5.71 Å². The second-order valence-electron chi connectivity index (χ2n) is 4.45. The maximum atomic E-state index is 13.0. The van der Waals surface area contributed by atoms with Crippen LogP contribution in [0.3, 0.4) is 0 Å². The SMILES string of the molecule is CC(/C=C/c1ccccc1)=N\NC(=O)c1cccc(F)c1. The van der Waals surface area contributed by atoms with Crippen LogP contribution in [0.5, 0.6) is 0 Å². The number of hydrogen-bond donors (Lipinski definition) is 1. The molecule has 106 valence electrons. The van der Waals surface area contributed by atoms with Gasteiger partial charge < -0.3 is 0 Å². The normalized spacial score (nSPS) is 11.6. The topological polar surface area (TPSA) is 41.5 Å². The van der Waals surface area contributed by atoms with E-state index < -0.39 is 11.7 Å². The average Bonchev–Trinajstić information content (AvgIpc) is 2.51. The third kappa shape index (κ3) is 4.69. The Bertz CT molecular complexity index is 678. The minimum absolute atomic E-state index is 0.235. The largest absolute Gasteiger partial charge is 0.271 e. The molecule has 0 saturated carbocycles. The second kappa shape index (κ2) is 7.14. The lowest BCUT2D eigenvalue weighted by atomic mass is 10.2. The number of hydrogen-bond acceptors (Lipinski definition) is 2. The first kappa shape index (κ1) is 14.7. The second-order valence-corrected chi connectivity index (χ2v) is 4.45. The van der Waals surface area contributed by atoms with E-state index >= 15 is 0 Å². The fourth-order valence-electron chi connectivity index (χ4n) is 1.65. The monoisotopic (exact) mass is 282 g/mol. The van der Waals surface area contributed by atoms with Gasteiger partial charge in [0.1, 0.15) is 5.82 Å². The van der Waals surface area contributed by atoms with Gasteiger partial charge >= 0.3 is 0 Å². The van der Waals surface area contributed by atoms with Crippen molar-refractivity contribution in [2.45, 2.75) is 6.92 Å². The van der Waals surface area contributed by atoms with Gasteiger partial charge in [-0.3, -0.25) is 4.79 Å². The molecule has 0 fully saturated rings. The van der Waals surface area contributed by atoms with Crippen molar-refractivity contribution in [2.24, 2.45) is 5.10 Å². The molecule has 0 saturated heterocycles. The van der Waals surface area contributed by atoms with E-state index in [1.165, 1.54) is 24.3 Å².